The molecule has 4 rings (SSSR count). The summed E-state index contributed by atoms with van der Waals surface area (Å²) in [6.45, 7) is 2.81. The molecule has 0 saturated carbocycles. The van der Waals surface area contributed by atoms with E-state index in [2.05, 4.69) is 10.3 Å². The van der Waals surface area contributed by atoms with Gasteiger partial charge >= 0.3 is 6.18 Å². The largest absolute Gasteiger partial charge is 0.455 e. The molecule has 8 heteroatoms. The fourth-order valence-electron chi connectivity index (χ4n) is 3.95. The number of halogens is 3. The lowest BCUT2D eigenvalue weighted by atomic mass is 9.91. The van der Waals surface area contributed by atoms with Crippen molar-refractivity contribution >= 4 is 17.3 Å². The molecule has 2 heterocycles. The quantitative estimate of drug-likeness (QED) is 0.516. The van der Waals surface area contributed by atoms with Crippen molar-refractivity contribution in [1.82, 2.24) is 10.3 Å². The molecule has 3 aromatic rings. The van der Waals surface area contributed by atoms with E-state index in [-0.39, 0.29) is 11.8 Å². The van der Waals surface area contributed by atoms with Crippen LogP contribution in [0.25, 0.3) is 0 Å². The first kappa shape index (κ1) is 22.6. The number of ether oxygens (including phenoxy) is 1. The Bertz CT molecular complexity index is 1100. The Morgan fingerprint density at radius 3 is 2.61 bits per heavy atom. The number of benzene rings is 2. The summed E-state index contributed by atoms with van der Waals surface area (Å²) < 4.78 is 45.3. The fraction of sp³-hybridized carbons (Fsp3) is 0.280. The molecule has 0 spiro atoms. The number of hydrogen-bond donors (Lipinski definition) is 1. The molecule has 5 nitrogen and oxygen atoms in total. The van der Waals surface area contributed by atoms with Crippen LogP contribution in [-0.2, 0) is 17.4 Å². The van der Waals surface area contributed by atoms with Crippen molar-refractivity contribution in [3.63, 3.8) is 0 Å². The maximum Gasteiger partial charge on any atom is 0.416 e. The standard InChI is InChI=1S/C25H24F3N3O2/c1-2-24(32)30-14-17-13-21-22(6-3-7-23(21)33-20-5-4-12-29-15-20)31(16-17)19-10-8-18(9-11-19)25(26,27)28/h3-12,15,17H,2,13-14,16H2,1H3,(H,30,32). The van der Waals surface area contributed by atoms with Crippen molar-refractivity contribution in [2.75, 3.05) is 18.0 Å². The Morgan fingerprint density at radius 1 is 1.15 bits per heavy atom. The first-order valence-electron chi connectivity index (χ1n) is 10.8. The van der Waals surface area contributed by atoms with Gasteiger partial charge in [0.1, 0.15) is 11.5 Å². The van der Waals surface area contributed by atoms with E-state index in [1.165, 1.54) is 12.1 Å². The topological polar surface area (TPSA) is 54.5 Å². The van der Waals surface area contributed by atoms with Gasteiger partial charge in [0, 0.05) is 42.6 Å². The second-order valence-electron chi connectivity index (χ2n) is 7.93. The highest BCUT2D eigenvalue weighted by atomic mass is 19.4. The highest BCUT2D eigenvalue weighted by Crippen LogP contribution is 2.42. The summed E-state index contributed by atoms with van der Waals surface area (Å²) in [5.41, 5.74) is 1.76. The third-order valence-corrected chi connectivity index (χ3v) is 5.61. The Hall–Kier alpha value is -3.55. The smallest absolute Gasteiger partial charge is 0.416 e. The molecule has 0 saturated heterocycles. The SMILES string of the molecule is CCC(=O)NCC1Cc2c(Oc3cccnc3)cccc2N(c2ccc(C(F)(F)F)cc2)C1. The number of alkyl halides is 3. The Kier molecular flexibility index (Phi) is 6.53. The van der Waals surface area contributed by atoms with Crippen LogP contribution in [0.15, 0.2) is 67.0 Å². The van der Waals surface area contributed by atoms with Gasteiger partial charge in [0.05, 0.1) is 11.8 Å². The second-order valence-corrected chi connectivity index (χ2v) is 7.93. The van der Waals surface area contributed by atoms with Gasteiger partial charge in [-0.3, -0.25) is 9.78 Å². The molecule has 1 aliphatic heterocycles. The van der Waals surface area contributed by atoms with E-state index in [9.17, 15) is 18.0 Å². The number of anilines is 2. The van der Waals surface area contributed by atoms with Gasteiger partial charge in [-0.05, 0) is 60.9 Å². The Morgan fingerprint density at radius 2 is 1.94 bits per heavy atom. The number of nitrogens with zero attached hydrogens (tertiary/aromatic N) is 2. The van der Waals surface area contributed by atoms with Gasteiger partial charge in [-0.1, -0.05) is 13.0 Å². The van der Waals surface area contributed by atoms with Crippen molar-refractivity contribution in [3.05, 3.63) is 78.1 Å². The zero-order chi connectivity index (χ0) is 23.4. The van der Waals surface area contributed by atoms with E-state index in [1.54, 1.807) is 25.4 Å². The van der Waals surface area contributed by atoms with Crippen LogP contribution >= 0.6 is 0 Å². The lowest BCUT2D eigenvalue weighted by molar-refractivity contribution is -0.137. The number of nitrogens with one attached hydrogen (secondary N) is 1. The third kappa shape index (κ3) is 5.27. The molecule has 1 N–H and O–H groups in total. The lowest BCUT2D eigenvalue weighted by Crippen LogP contribution is -2.39. The average Bonchev–Trinajstić information content (AvgIpc) is 2.82. The van der Waals surface area contributed by atoms with Gasteiger partial charge in [0.15, 0.2) is 0 Å². The van der Waals surface area contributed by atoms with Crippen LogP contribution in [0.5, 0.6) is 11.5 Å². The minimum atomic E-state index is -4.39. The monoisotopic (exact) mass is 455 g/mol. The summed E-state index contributed by atoms with van der Waals surface area (Å²) in [5, 5.41) is 2.94. The average molecular weight is 455 g/mol. The number of fused-ring (bicyclic) bond motifs is 1. The van der Waals surface area contributed by atoms with E-state index in [1.807, 2.05) is 29.2 Å². The highest BCUT2D eigenvalue weighted by molar-refractivity contribution is 5.75. The third-order valence-electron chi connectivity index (χ3n) is 5.61. The van der Waals surface area contributed by atoms with Crippen LogP contribution in [0, 0.1) is 5.92 Å². The summed E-state index contributed by atoms with van der Waals surface area (Å²) >= 11 is 0. The molecule has 1 aliphatic rings. The summed E-state index contributed by atoms with van der Waals surface area (Å²) in [4.78, 5) is 17.9. The minimum Gasteiger partial charge on any atom is -0.455 e. The lowest BCUT2D eigenvalue weighted by Gasteiger charge is -2.37. The van der Waals surface area contributed by atoms with Crippen LogP contribution in [0.3, 0.4) is 0 Å². The Balaban J connectivity index is 1.69. The van der Waals surface area contributed by atoms with Gasteiger partial charge in [-0.15, -0.1) is 0 Å². The molecular formula is C25H24F3N3O2. The Labute approximate surface area is 190 Å². The van der Waals surface area contributed by atoms with Crippen molar-refractivity contribution in [1.29, 1.82) is 0 Å². The van der Waals surface area contributed by atoms with Crippen molar-refractivity contribution in [2.24, 2.45) is 5.92 Å². The number of hydrogen-bond acceptors (Lipinski definition) is 4. The van der Waals surface area contributed by atoms with Crippen LogP contribution in [-0.4, -0.2) is 24.0 Å². The van der Waals surface area contributed by atoms with Crippen molar-refractivity contribution < 1.29 is 22.7 Å². The zero-order valence-electron chi connectivity index (χ0n) is 18.1. The molecule has 0 fully saturated rings. The van der Waals surface area contributed by atoms with Crippen LogP contribution in [0.2, 0.25) is 0 Å². The van der Waals surface area contributed by atoms with Gasteiger partial charge in [-0.2, -0.15) is 13.2 Å². The molecular weight excluding hydrogens is 431 g/mol. The molecule has 1 amide bonds. The molecule has 1 aromatic heterocycles. The normalized spacial score (nSPS) is 15.6. The number of pyridine rings is 1. The van der Waals surface area contributed by atoms with Crippen molar-refractivity contribution in [3.8, 4) is 11.5 Å². The molecule has 1 unspecified atom stereocenters. The molecule has 0 aliphatic carbocycles. The first-order valence-corrected chi connectivity index (χ1v) is 10.8. The van der Waals surface area contributed by atoms with Crippen molar-refractivity contribution in [2.45, 2.75) is 25.9 Å². The summed E-state index contributed by atoms with van der Waals surface area (Å²) in [6, 6.07) is 14.4. The number of carbonyl (C=O) groups is 1. The van der Waals surface area contributed by atoms with E-state index >= 15 is 0 Å². The predicted molar refractivity (Wildman–Crippen MR) is 120 cm³/mol. The molecule has 1 atom stereocenters. The fourth-order valence-corrected chi connectivity index (χ4v) is 3.95. The summed E-state index contributed by atoms with van der Waals surface area (Å²) in [7, 11) is 0. The van der Waals surface area contributed by atoms with Crippen LogP contribution in [0.1, 0.15) is 24.5 Å². The van der Waals surface area contributed by atoms with E-state index in [0.717, 1.165) is 23.4 Å². The predicted octanol–water partition coefficient (Wildman–Crippen LogP) is 5.73. The summed E-state index contributed by atoms with van der Waals surface area (Å²) in [6.07, 6.45) is -0.0644. The molecule has 2 aromatic carbocycles. The zero-order valence-corrected chi connectivity index (χ0v) is 18.1. The van der Waals surface area contributed by atoms with E-state index in [4.69, 9.17) is 4.74 Å². The van der Waals surface area contributed by atoms with Gasteiger partial charge < -0.3 is 15.0 Å². The maximum absolute atomic E-state index is 13.1. The first-order chi connectivity index (χ1) is 15.8. The highest BCUT2D eigenvalue weighted by Gasteiger charge is 2.32. The second kappa shape index (κ2) is 9.52. The molecule has 33 heavy (non-hydrogen) atoms. The molecule has 0 bridgehead atoms. The van der Waals surface area contributed by atoms with Gasteiger partial charge in [0.2, 0.25) is 5.91 Å². The minimum absolute atomic E-state index is 0.0400. The van der Waals surface area contributed by atoms with Gasteiger partial charge in [0.25, 0.3) is 0 Å². The van der Waals surface area contributed by atoms with E-state index in [0.29, 0.717) is 43.1 Å². The maximum atomic E-state index is 13.1. The molecule has 0 radical (unpaired) electrons. The number of rotatable bonds is 6. The number of aromatic nitrogens is 1. The van der Waals surface area contributed by atoms with Crippen LogP contribution < -0.4 is 15.0 Å². The van der Waals surface area contributed by atoms with Crippen LogP contribution in [0.4, 0.5) is 24.5 Å². The number of amides is 1. The molecule has 172 valence electrons. The van der Waals surface area contributed by atoms with E-state index < -0.39 is 11.7 Å². The van der Waals surface area contributed by atoms with Gasteiger partial charge in [-0.25, -0.2) is 0 Å². The number of carbonyl (C=O) groups excluding carboxylic acids is 1. The summed E-state index contributed by atoms with van der Waals surface area (Å²) in [5.74, 6) is 1.26.